The number of benzene rings is 1. The molecule has 5 aliphatic rings. The second kappa shape index (κ2) is 15.9. The highest BCUT2D eigenvalue weighted by Gasteiger charge is 2.80. The zero-order valence-electron chi connectivity index (χ0n) is 36.2. The molecule has 4 fully saturated rings. The lowest BCUT2D eigenvalue weighted by atomic mass is 9.49. The average molecular weight is 826 g/mol. The van der Waals surface area contributed by atoms with E-state index < -0.39 is 112 Å². The van der Waals surface area contributed by atoms with Crippen molar-refractivity contribution in [3.8, 4) is 0 Å². The number of esters is 3. The van der Waals surface area contributed by atoms with Gasteiger partial charge in [0, 0.05) is 31.1 Å². The topological polar surface area (TPSA) is 185 Å². The van der Waals surface area contributed by atoms with Crippen LogP contribution in [0.15, 0.2) is 54.1 Å². The molecule has 13 atom stereocenters. The SMILES string of the molecule is C=C[C@H]1O[C@H]2CC3OC[C@@]3(OC(C)=O)[C@H]3[C@H](OC(=O)c4ccccc4)[C@]4(C(C)(C)O)C[C@H](OC(=O)[C@H](O)[C@H](CC(C)C)NC(=O)OC(C)(C)C)C(C)=C4[C@H](C)[C@H](O1)[C@]23C. The van der Waals surface area contributed by atoms with Gasteiger partial charge in [0.25, 0.3) is 0 Å². The van der Waals surface area contributed by atoms with Crippen molar-refractivity contribution in [3.63, 3.8) is 0 Å². The molecule has 2 saturated carbocycles. The van der Waals surface area contributed by atoms with E-state index >= 15 is 0 Å². The molecule has 0 radical (unpaired) electrons. The van der Waals surface area contributed by atoms with Gasteiger partial charge in [-0.05, 0) is 83.2 Å². The van der Waals surface area contributed by atoms with E-state index in [9.17, 15) is 29.4 Å². The molecule has 1 aromatic carbocycles. The highest BCUT2D eigenvalue weighted by atomic mass is 16.7. The fraction of sp³-hybridized carbons (Fsp3) is 0.689. The van der Waals surface area contributed by atoms with Crippen LogP contribution in [0, 0.1) is 28.6 Å². The molecule has 0 aromatic heterocycles. The van der Waals surface area contributed by atoms with Crippen LogP contribution in [-0.4, -0.2) is 107 Å². The number of carbonyl (C=O) groups is 4. The second-order valence-corrected chi connectivity index (χ2v) is 19.3. The number of fused-ring (bicyclic) bond motifs is 3. The van der Waals surface area contributed by atoms with Crippen molar-refractivity contribution in [2.45, 2.75) is 161 Å². The fourth-order valence-electron chi connectivity index (χ4n) is 11.1. The summed E-state index contributed by atoms with van der Waals surface area (Å²) in [6, 6.07) is 7.43. The second-order valence-electron chi connectivity index (χ2n) is 19.3. The number of aliphatic hydroxyl groups is 2. The molecular formula is C45H63NO13. The van der Waals surface area contributed by atoms with Crippen LogP contribution < -0.4 is 5.32 Å². The van der Waals surface area contributed by atoms with E-state index in [-0.39, 0.29) is 30.9 Å². The molecule has 1 aromatic rings. The number of rotatable bonds is 11. The van der Waals surface area contributed by atoms with E-state index in [1.807, 2.05) is 27.7 Å². The Hall–Kier alpha value is -3.82. The van der Waals surface area contributed by atoms with Crippen molar-refractivity contribution in [1.82, 2.24) is 5.32 Å². The molecule has 0 spiro atoms. The number of hydrogen-bond donors (Lipinski definition) is 3. The Balaban J connectivity index is 1.52. The van der Waals surface area contributed by atoms with Gasteiger partial charge in [0.15, 0.2) is 18.0 Å². The number of alkyl carbamates (subject to hydrolysis) is 1. The maximum absolute atomic E-state index is 14.5. The summed E-state index contributed by atoms with van der Waals surface area (Å²) in [5, 5.41) is 27.0. The normalized spacial score (nSPS) is 36.0. The summed E-state index contributed by atoms with van der Waals surface area (Å²) in [5.74, 6) is -3.69. The van der Waals surface area contributed by atoms with Gasteiger partial charge in [-0.25, -0.2) is 14.4 Å². The van der Waals surface area contributed by atoms with Crippen LogP contribution in [0.5, 0.6) is 0 Å². The first kappa shape index (κ1) is 44.7. The Morgan fingerprint density at radius 3 is 2.25 bits per heavy atom. The van der Waals surface area contributed by atoms with E-state index in [1.165, 1.54) is 6.92 Å². The Morgan fingerprint density at radius 2 is 1.71 bits per heavy atom. The average Bonchev–Trinajstić information content (AvgIpc) is 3.39. The minimum absolute atomic E-state index is 0.0118. The van der Waals surface area contributed by atoms with Crippen molar-refractivity contribution in [2.24, 2.45) is 28.6 Å². The van der Waals surface area contributed by atoms with Crippen LogP contribution in [0.4, 0.5) is 4.79 Å². The van der Waals surface area contributed by atoms with E-state index in [1.54, 1.807) is 78.0 Å². The van der Waals surface area contributed by atoms with E-state index in [0.29, 0.717) is 17.6 Å². The van der Waals surface area contributed by atoms with Crippen molar-refractivity contribution >= 4 is 24.0 Å². The van der Waals surface area contributed by atoms with Crippen LogP contribution in [-0.2, 0) is 42.7 Å². The third-order valence-electron chi connectivity index (χ3n) is 13.3. The minimum Gasteiger partial charge on any atom is -0.457 e. The molecule has 0 bridgehead atoms. The lowest BCUT2D eigenvalue weighted by molar-refractivity contribution is -0.391. The number of nitrogens with one attached hydrogen (secondary N) is 1. The number of ether oxygens (including phenoxy) is 7. The van der Waals surface area contributed by atoms with Gasteiger partial charge in [0.2, 0.25) is 0 Å². The number of carbonyl (C=O) groups excluding carboxylic acids is 4. The molecule has 14 nitrogen and oxygen atoms in total. The molecule has 2 saturated heterocycles. The predicted molar refractivity (Wildman–Crippen MR) is 214 cm³/mol. The van der Waals surface area contributed by atoms with Gasteiger partial charge >= 0.3 is 24.0 Å². The highest BCUT2D eigenvalue weighted by molar-refractivity contribution is 5.89. The van der Waals surface area contributed by atoms with Crippen molar-refractivity contribution < 1.29 is 62.5 Å². The smallest absolute Gasteiger partial charge is 0.407 e. The first-order valence-electron chi connectivity index (χ1n) is 20.7. The number of aliphatic hydroxyl groups excluding tert-OH is 1. The monoisotopic (exact) mass is 825 g/mol. The number of amides is 1. The van der Waals surface area contributed by atoms with Gasteiger partial charge in [-0.15, -0.1) is 0 Å². The third-order valence-corrected chi connectivity index (χ3v) is 13.3. The van der Waals surface area contributed by atoms with Gasteiger partial charge in [0.05, 0.1) is 47.4 Å². The molecule has 14 heteroatoms. The lowest BCUT2D eigenvalue weighted by Gasteiger charge is -2.67. The largest absolute Gasteiger partial charge is 0.457 e. The van der Waals surface area contributed by atoms with Crippen LogP contribution >= 0.6 is 0 Å². The standard InChI is InChI=1S/C45H63NO13/c1-13-32-55-30-20-31-45(22-53-31,58-26(6)47)35-37(57-38(49)27-17-15-14-16-18-27)44(42(10,11)52)21-29(24(4)33(44)25(5)36(56-32)43(30,35)12)54-39(50)34(48)28(19-23(2)3)46-40(51)59-41(7,8)9/h13-18,23,25,28-32,34-37,48,52H,1,19-22H2,2-12H3,(H,46,51)/t25-,28-,29-,30-,31?,32-,34+,35-,36-,37-,43+,44-,45-/m0/s1. The van der Waals surface area contributed by atoms with Crippen molar-refractivity contribution in [3.05, 3.63) is 59.7 Å². The fourth-order valence-corrected chi connectivity index (χ4v) is 11.1. The Morgan fingerprint density at radius 1 is 1.05 bits per heavy atom. The highest BCUT2D eigenvalue weighted by Crippen LogP contribution is 2.70. The quantitative estimate of drug-likeness (QED) is 0.143. The maximum atomic E-state index is 14.5. The molecule has 326 valence electrons. The van der Waals surface area contributed by atoms with E-state index in [4.69, 9.17) is 33.2 Å². The van der Waals surface area contributed by atoms with Crippen molar-refractivity contribution in [1.29, 1.82) is 0 Å². The summed E-state index contributed by atoms with van der Waals surface area (Å²) < 4.78 is 44.4. The Bertz CT molecular complexity index is 1830. The molecule has 2 aliphatic heterocycles. The molecule has 2 heterocycles. The van der Waals surface area contributed by atoms with Gasteiger partial charge in [-0.2, -0.15) is 0 Å². The zero-order valence-corrected chi connectivity index (χ0v) is 36.2. The zero-order chi connectivity index (χ0) is 43.6. The maximum Gasteiger partial charge on any atom is 0.407 e. The van der Waals surface area contributed by atoms with Gasteiger partial charge in [0.1, 0.15) is 23.9 Å². The Kier molecular flexibility index (Phi) is 12.1. The van der Waals surface area contributed by atoms with Gasteiger partial charge < -0.3 is 48.7 Å². The molecule has 3 N–H and O–H groups in total. The van der Waals surface area contributed by atoms with Crippen LogP contribution in [0.2, 0.25) is 0 Å². The molecular weight excluding hydrogens is 762 g/mol. The first-order valence-corrected chi connectivity index (χ1v) is 20.7. The molecule has 59 heavy (non-hydrogen) atoms. The molecule has 1 amide bonds. The summed E-state index contributed by atoms with van der Waals surface area (Å²) >= 11 is 0. The van der Waals surface area contributed by atoms with Gasteiger partial charge in [-0.1, -0.05) is 52.5 Å². The summed E-state index contributed by atoms with van der Waals surface area (Å²) in [6.45, 7) is 23.2. The van der Waals surface area contributed by atoms with Crippen LogP contribution in [0.25, 0.3) is 0 Å². The van der Waals surface area contributed by atoms with E-state index in [2.05, 4.69) is 11.9 Å². The minimum atomic E-state index is -1.79. The van der Waals surface area contributed by atoms with Crippen molar-refractivity contribution in [2.75, 3.05) is 6.61 Å². The molecule has 6 rings (SSSR count). The molecule has 1 unspecified atom stereocenters. The summed E-state index contributed by atoms with van der Waals surface area (Å²) in [7, 11) is 0. The lowest BCUT2D eigenvalue weighted by Crippen LogP contribution is -2.80. The third kappa shape index (κ3) is 7.73. The van der Waals surface area contributed by atoms with Crippen LogP contribution in [0.3, 0.4) is 0 Å². The predicted octanol–water partition coefficient (Wildman–Crippen LogP) is 5.57. The van der Waals surface area contributed by atoms with E-state index in [0.717, 1.165) is 0 Å². The molecule has 3 aliphatic carbocycles. The summed E-state index contributed by atoms with van der Waals surface area (Å²) in [4.78, 5) is 54.6. The first-order chi connectivity index (χ1) is 27.4. The summed E-state index contributed by atoms with van der Waals surface area (Å²) in [6.07, 6.45) is -5.55. The number of hydrogen-bond acceptors (Lipinski definition) is 13. The van der Waals surface area contributed by atoms with Gasteiger partial charge in [-0.3, -0.25) is 4.79 Å². The summed E-state index contributed by atoms with van der Waals surface area (Å²) in [5.41, 5.74) is -4.92. The Labute approximate surface area is 347 Å². The van der Waals surface area contributed by atoms with Crippen LogP contribution in [0.1, 0.15) is 106 Å².